The van der Waals surface area contributed by atoms with Crippen molar-refractivity contribution in [3.8, 4) is 0 Å². The van der Waals surface area contributed by atoms with Gasteiger partial charge in [0.15, 0.2) is 0 Å². The number of hydrogen-bond acceptors (Lipinski definition) is 4. The number of Topliss-reactive ketones (excluding diaryl/α,β-unsaturated/α-hetero) is 2. The predicted molar refractivity (Wildman–Crippen MR) is 130 cm³/mol. The minimum Gasteiger partial charge on any atom is -0.372 e. The van der Waals surface area contributed by atoms with Crippen LogP contribution in [-0.4, -0.2) is 58.9 Å². The molecule has 202 valence electrons. The number of hydrogen-bond donors (Lipinski definition) is 0. The quantitative estimate of drug-likeness (QED) is 0.323. The Hall–Kier alpha value is -3.56. The van der Waals surface area contributed by atoms with Crippen LogP contribution in [-0.2, 0) is 9.59 Å². The van der Waals surface area contributed by atoms with Crippen molar-refractivity contribution in [2.75, 3.05) is 13.1 Å². The third kappa shape index (κ3) is 6.11. The van der Waals surface area contributed by atoms with Crippen LogP contribution < -0.4 is 0 Å². The van der Waals surface area contributed by atoms with E-state index < -0.39 is 35.1 Å². The molecule has 2 unspecified atom stereocenters. The molecule has 2 atom stereocenters. The molecule has 2 heterocycles. The molecule has 2 aliphatic heterocycles. The Bertz CT molecular complexity index is 1110. The van der Waals surface area contributed by atoms with Crippen LogP contribution in [0.1, 0.15) is 36.8 Å². The molecule has 0 aliphatic carbocycles. The second-order valence-electron chi connectivity index (χ2n) is 9.37. The number of halogens is 6. The fraction of sp³-hybridized carbons (Fsp3) is 0.357. The highest BCUT2D eigenvalue weighted by atomic mass is 19.4. The van der Waals surface area contributed by atoms with Crippen molar-refractivity contribution in [2.45, 2.75) is 50.1 Å². The first-order valence-electron chi connectivity index (χ1n) is 12.3. The van der Waals surface area contributed by atoms with E-state index in [9.17, 15) is 35.9 Å². The highest BCUT2D eigenvalue weighted by Gasteiger charge is 2.44. The summed E-state index contributed by atoms with van der Waals surface area (Å²) >= 11 is 0. The van der Waals surface area contributed by atoms with Crippen molar-refractivity contribution in [3.05, 3.63) is 84.2 Å². The van der Waals surface area contributed by atoms with E-state index in [-0.39, 0.29) is 23.2 Å². The average Bonchev–Trinajstić information content (AvgIpc) is 2.89. The summed E-state index contributed by atoms with van der Waals surface area (Å²) in [6.07, 6.45) is -5.37. The lowest BCUT2D eigenvalue weighted by Crippen LogP contribution is -2.55. The second-order valence-corrected chi connectivity index (χ2v) is 9.37. The van der Waals surface area contributed by atoms with Gasteiger partial charge in [-0.25, -0.2) is 0 Å². The largest absolute Gasteiger partial charge is 0.454 e. The molecule has 0 amide bonds. The fourth-order valence-electron chi connectivity index (χ4n) is 5.18. The Morgan fingerprint density at radius 3 is 1.29 bits per heavy atom. The van der Waals surface area contributed by atoms with E-state index in [0.717, 1.165) is 0 Å². The summed E-state index contributed by atoms with van der Waals surface area (Å²) in [5, 5.41) is 0. The zero-order valence-corrected chi connectivity index (χ0v) is 20.3. The van der Waals surface area contributed by atoms with Gasteiger partial charge >= 0.3 is 12.4 Å². The van der Waals surface area contributed by atoms with Gasteiger partial charge in [-0.15, -0.1) is 0 Å². The lowest BCUT2D eigenvalue weighted by molar-refractivity contribution is -0.164. The van der Waals surface area contributed by atoms with Crippen molar-refractivity contribution in [1.82, 2.24) is 9.80 Å². The molecule has 0 radical (unpaired) electrons. The van der Waals surface area contributed by atoms with Crippen molar-refractivity contribution >= 4 is 22.7 Å². The van der Waals surface area contributed by atoms with E-state index >= 15 is 0 Å². The second kappa shape index (κ2) is 11.0. The Morgan fingerprint density at radius 2 is 0.974 bits per heavy atom. The lowest BCUT2D eigenvalue weighted by Gasteiger charge is -2.49. The highest BCUT2D eigenvalue weighted by molar-refractivity contribution is 6.23. The molecule has 0 N–H and O–H groups in total. The number of piperidine rings is 2. The van der Waals surface area contributed by atoms with Crippen molar-refractivity contribution < 1.29 is 35.9 Å². The minimum absolute atomic E-state index is 0.131. The van der Waals surface area contributed by atoms with Crippen molar-refractivity contribution in [1.29, 1.82) is 0 Å². The number of carbonyl (C=O) groups excluding carboxylic acids is 2. The van der Waals surface area contributed by atoms with Crippen molar-refractivity contribution in [3.63, 3.8) is 0 Å². The van der Waals surface area contributed by atoms with Gasteiger partial charge in [0.05, 0.1) is 11.1 Å². The molecule has 2 fully saturated rings. The van der Waals surface area contributed by atoms with Gasteiger partial charge in [0.25, 0.3) is 11.6 Å². The number of benzene rings is 2. The highest BCUT2D eigenvalue weighted by Crippen LogP contribution is 2.35. The smallest absolute Gasteiger partial charge is 0.372 e. The molecular formula is C28H26F6N2O2. The average molecular weight is 537 g/mol. The topological polar surface area (TPSA) is 40.6 Å². The van der Waals surface area contributed by atoms with Crippen LogP contribution in [0.4, 0.5) is 26.3 Å². The van der Waals surface area contributed by atoms with Crippen LogP contribution in [0, 0.1) is 0 Å². The molecule has 2 aromatic carbocycles. The molecular weight excluding hydrogens is 510 g/mol. The third-order valence-corrected chi connectivity index (χ3v) is 6.89. The zero-order valence-electron chi connectivity index (χ0n) is 20.3. The monoisotopic (exact) mass is 536 g/mol. The van der Waals surface area contributed by atoms with Crippen molar-refractivity contribution in [2.24, 2.45) is 0 Å². The Balaban J connectivity index is 1.70. The van der Waals surface area contributed by atoms with Gasteiger partial charge in [-0.05, 0) is 36.8 Å². The summed E-state index contributed by atoms with van der Waals surface area (Å²) in [5.41, 5.74) is -0.703. The molecule has 0 saturated carbocycles. The van der Waals surface area contributed by atoms with Gasteiger partial charge in [0, 0.05) is 37.6 Å². The summed E-state index contributed by atoms with van der Waals surface area (Å²) in [7, 11) is 0. The van der Waals surface area contributed by atoms with E-state index in [1.807, 2.05) is 0 Å². The van der Waals surface area contributed by atoms with E-state index in [2.05, 4.69) is 0 Å². The van der Waals surface area contributed by atoms with Gasteiger partial charge in [-0.2, -0.15) is 26.3 Å². The van der Waals surface area contributed by atoms with E-state index in [4.69, 9.17) is 0 Å². The molecule has 0 spiro atoms. The Kier molecular flexibility index (Phi) is 7.99. The third-order valence-electron chi connectivity index (χ3n) is 6.89. The molecule has 10 heteroatoms. The van der Waals surface area contributed by atoms with Crippen LogP contribution in [0.2, 0.25) is 0 Å². The molecule has 0 bridgehead atoms. The van der Waals surface area contributed by atoms with E-state index in [1.54, 1.807) is 46.2 Å². The molecule has 38 heavy (non-hydrogen) atoms. The van der Waals surface area contributed by atoms with Gasteiger partial charge in [0.1, 0.15) is 0 Å². The Morgan fingerprint density at radius 1 is 0.632 bits per heavy atom. The first-order chi connectivity index (χ1) is 18.0. The summed E-state index contributed by atoms with van der Waals surface area (Å²) in [6.45, 7) is 0.792. The Labute approximate surface area is 216 Å². The normalized spacial score (nSPS) is 21.2. The summed E-state index contributed by atoms with van der Waals surface area (Å²) < 4.78 is 80.8. The van der Waals surface area contributed by atoms with Crippen LogP contribution in [0.3, 0.4) is 0 Å². The number of alkyl halides is 6. The van der Waals surface area contributed by atoms with Gasteiger partial charge in [-0.3, -0.25) is 9.59 Å². The number of allylic oxidation sites excluding steroid dienone is 2. The van der Waals surface area contributed by atoms with Gasteiger partial charge < -0.3 is 9.80 Å². The number of fused-ring (bicyclic) bond motifs is 1. The predicted octanol–water partition coefficient (Wildman–Crippen LogP) is 6.26. The van der Waals surface area contributed by atoms with Crippen LogP contribution in [0.25, 0.3) is 11.1 Å². The maximum Gasteiger partial charge on any atom is 0.454 e. The van der Waals surface area contributed by atoms with Gasteiger partial charge in [0.2, 0.25) is 0 Å². The molecule has 4 rings (SSSR count). The number of likely N-dealkylation sites (tertiary alicyclic amines) is 2. The van der Waals surface area contributed by atoms with E-state index in [1.165, 1.54) is 36.7 Å². The summed E-state index contributed by atoms with van der Waals surface area (Å²) in [4.78, 5) is 28.1. The number of ketones is 2. The summed E-state index contributed by atoms with van der Waals surface area (Å²) in [5.74, 6) is -3.92. The number of carbonyl (C=O) groups is 2. The first kappa shape index (κ1) is 27.5. The minimum atomic E-state index is -5.07. The van der Waals surface area contributed by atoms with E-state index in [0.29, 0.717) is 38.8 Å². The van der Waals surface area contributed by atoms with Crippen LogP contribution >= 0.6 is 0 Å². The number of nitrogens with zero attached hydrogens (tertiary/aromatic N) is 2. The number of rotatable bonds is 6. The van der Waals surface area contributed by atoms with Gasteiger partial charge in [-0.1, -0.05) is 60.7 Å². The standard InChI is InChI=1S/C28H26F6N2O2/c29-27(30,31)25(37)21(19-9-3-1-4-10-19)17-35-15-7-14-24-23(35)13-8-16-36(24)18-22(26(38)28(32,33)34)20-11-5-2-6-12-20/h1-6,9-12,17-18,23-24H,7-8,13-16H2/b21-17+,22-18+. The fourth-order valence-corrected chi connectivity index (χ4v) is 5.18. The molecule has 2 aromatic rings. The van der Waals surface area contributed by atoms with Crippen LogP contribution in [0.15, 0.2) is 73.1 Å². The summed E-state index contributed by atoms with van der Waals surface area (Å²) in [6, 6.07) is 14.5. The molecule has 0 aromatic heterocycles. The molecule has 2 aliphatic rings. The maximum atomic E-state index is 13.5. The lowest BCUT2D eigenvalue weighted by atomic mass is 9.87. The zero-order chi connectivity index (χ0) is 27.5. The molecule has 4 nitrogen and oxygen atoms in total. The molecule has 2 saturated heterocycles. The SMILES string of the molecule is O=C(/C(=C/N1CCCC2C1CCCN2/C=C(/C(=O)C(F)(F)F)c1ccccc1)c1ccccc1)C(F)(F)F. The maximum absolute atomic E-state index is 13.5. The first-order valence-corrected chi connectivity index (χ1v) is 12.3. The van der Waals surface area contributed by atoms with Crippen LogP contribution in [0.5, 0.6) is 0 Å².